The lowest BCUT2D eigenvalue weighted by atomic mass is 9.78. The number of anilines is 1. The summed E-state index contributed by atoms with van der Waals surface area (Å²) in [4.78, 5) is 14.9. The molecule has 1 aliphatic heterocycles. The molecule has 0 unspecified atom stereocenters. The van der Waals surface area contributed by atoms with E-state index in [-0.39, 0.29) is 41.8 Å². The number of carbonyl (C=O) groups excluding carboxylic acids is 1. The Bertz CT molecular complexity index is 1510. The molecule has 2 aliphatic carbocycles. The van der Waals surface area contributed by atoms with Crippen LogP contribution in [0.25, 0.3) is 0 Å². The SMILES string of the molecule is Cn1c(Cc2cccc(N3Cc4c(cc(CNC5(C)CCC5)cc4C(F)(F)F)C3=O)c2)nnc1C1CC(OCC(F)F)C1. The van der Waals surface area contributed by atoms with Crippen molar-refractivity contribution in [2.24, 2.45) is 7.05 Å². The Morgan fingerprint density at radius 3 is 2.56 bits per heavy atom. The second kappa shape index (κ2) is 11.3. The number of carbonyl (C=O) groups is 1. The monoisotopic (exact) mass is 603 g/mol. The Morgan fingerprint density at radius 2 is 1.88 bits per heavy atom. The summed E-state index contributed by atoms with van der Waals surface area (Å²) in [6.45, 7) is 1.59. The summed E-state index contributed by atoms with van der Waals surface area (Å²) >= 11 is 0. The summed E-state index contributed by atoms with van der Waals surface area (Å²) in [7, 11) is 1.85. The van der Waals surface area contributed by atoms with E-state index in [1.807, 2.05) is 17.7 Å². The fraction of sp³-hybridized carbons (Fsp3) is 0.516. The number of halogens is 5. The minimum absolute atomic E-state index is 0.00390. The summed E-state index contributed by atoms with van der Waals surface area (Å²) < 4.78 is 74.3. The lowest BCUT2D eigenvalue weighted by Gasteiger charge is -2.39. The first kappa shape index (κ1) is 29.7. The maximum atomic E-state index is 14.2. The predicted octanol–water partition coefficient (Wildman–Crippen LogP) is 6.15. The average molecular weight is 604 g/mol. The Kier molecular flexibility index (Phi) is 7.78. The van der Waals surface area contributed by atoms with Crippen molar-refractivity contribution in [2.45, 2.75) is 88.7 Å². The summed E-state index contributed by atoms with van der Waals surface area (Å²) in [5, 5.41) is 12.0. The van der Waals surface area contributed by atoms with Gasteiger partial charge in [-0.05, 0) is 80.0 Å². The standard InChI is InChI=1S/C31H34F5N5O2/c1-30(7-4-8-30)37-15-19-10-23-24(25(11-19)31(34,35)36)16-41(29(23)42)21-6-3-5-18(9-21)12-27-38-39-28(40(27)2)20-13-22(14-20)43-17-26(32)33/h3,5-6,9-11,20,22,26,37H,4,7-8,12-17H2,1-2H3. The van der Waals surface area contributed by atoms with Gasteiger partial charge in [0.15, 0.2) is 0 Å². The van der Waals surface area contributed by atoms with Crippen molar-refractivity contribution in [3.05, 3.63) is 75.9 Å². The smallest absolute Gasteiger partial charge is 0.372 e. The number of benzene rings is 2. The molecule has 230 valence electrons. The summed E-state index contributed by atoms with van der Waals surface area (Å²) in [5.41, 5.74) is 1.01. The molecule has 0 saturated heterocycles. The Hall–Kier alpha value is -3.38. The molecule has 0 atom stereocenters. The number of hydrogen-bond acceptors (Lipinski definition) is 5. The number of fused-ring (bicyclic) bond motifs is 1. The molecular weight excluding hydrogens is 569 g/mol. The number of nitrogens with zero attached hydrogens (tertiary/aromatic N) is 4. The largest absolute Gasteiger partial charge is 0.416 e. The molecule has 0 bridgehead atoms. The average Bonchev–Trinajstić information content (AvgIpc) is 3.44. The zero-order valence-corrected chi connectivity index (χ0v) is 24.1. The van der Waals surface area contributed by atoms with Gasteiger partial charge in [0.05, 0.1) is 18.2 Å². The molecule has 0 radical (unpaired) electrons. The van der Waals surface area contributed by atoms with E-state index < -0.39 is 30.7 Å². The maximum Gasteiger partial charge on any atom is 0.416 e. The fourth-order valence-corrected chi connectivity index (χ4v) is 6.25. The molecule has 12 heteroatoms. The van der Waals surface area contributed by atoms with Gasteiger partial charge in [0, 0.05) is 42.7 Å². The molecule has 1 N–H and O–H groups in total. The van der Waals surface area contributed by atoms with E-state index in [0.29, 0.717) is 36.3 Å². The molecule has 2 fully saturated rings. The second-order valence-corrected chi connectivity index (χ2v) is 12.2. The van der Waals surface area contributed by atoms with Gasteiger partial charge in [-0.3, -0.25) is 4.79 Å². The zero-order chi connectivity index (χ0) is 30.5. The van der Waals surface area contributed by atoms with Crippen LogP contribution < -0.4 is 10.2 Å². The van der Waals surface area contributed by atoms with E-state index in [9.17, 15) is 26.7 Å². The molecule has 2 saturated carbocycles. The molecule has 3 aliphatic rings. The van der Waals surface area contributed by atoms with Gasteiger partial charge >= 0.3 is 6.18 Å². The van der Waals surface area contributed by atoms with E-state index in [0.717, 1.165) is 30.7 Å². The van der Waals surface area contributed by atoms with Crippen LogP contribution in [0.1, 0.15) is 89.2 Å². The van der Waals surface area contributed by atoms with Crippen molar-refractivity contribution in [3.63, 3.8) is 0 Å². The van der Waals surface area contributed by atoms with Crippen LogP contribution in [0, 0.1) is 0 Å². The first-order chi connectivity index (χ1) is 20.4. The minimum Gasteiger partial charge on any atom is -0.372 e. The minimum atomic E-state index is -4.59. The molecule has 43 heavy (non-hydrogen) atoms. The van der Waals surface area contributed by atoms with Gasteiger partial charge in [-0.1, -0.05) is 12.1 Å². The van der Waals surface area contributed by atoms with Crippen molar-refractivity contribution in [2.75, 3.05) is 11.5 Å². The van der Waals surface area contributed by atoms with Crippen LogP contribution in [0.3, 0.4) is 0 Å². The Balaban J connectivity index is 1.17. The molecule has 1 aromatic heterocycles. The van der Waals surface area contributed by atoms with Crippen molar-refractivity contribution in [1.82, 2.24) is 20.1 Å². The van der Waals surface area contributed by atoms with Crippen molar-refractivity contribution < 1.29 is 31.5 Å². The van der Waals surface area contributed by atoms with Gasteiger partial charge < -0.3 is 19.5 Å². The van der Waals surface area contributed by atoms with E-state index in [2.05, 4.69) is 22.4 Å². The lowest BCUT2D eigenvalue weighted by molar-refractivity contribution is -0.138. The fourth-order valence-electron chi connectivity index (χ4n) is 6.25. The van der Waals surface area contributed by atoms with E-state index in [1.165, 1.54) is 11.0 Å². The first-order valence-corrected chi connectivity index (χ1v) is 14.6. The van der Waals surface area contributed by atoms with Gasteiger partial charge in [0.25, 0.3) is 12.3 Å². The molecular formula is C31H34F5N5O2. The normalized spacial score (nSPS) is 21.2. The van der Waals surface area contributed by atoms with Crippen LogP contribution in [0.15, 0.2) is 36.4 Å². The lowest BCUT2D eigenvalue weighted by Crippen LogP contribution is -2.47. The molecule has 2 heterocycles. The molecule has 2 aromatic carbocycles. The van der Waals surface area contributed by atoms with Crippen LogP contribution in [-0.4, -0.2) is 45.3 Å². The highest BCUT2D eigenvalue weighted by atomic mass is 19.4. The third-order valence-corrected chi connectivity index (χ3v) is 9.08. The number of amides is 1. The summed E-state index contributed by atoms with van der Waals surface area (Å²) in [6, 6.07) is 9.92. The van der Waals surface area contributed by atoms with Crippen LogP contribution in [-0.2, 0) is 37.5 Å². The number of aromatic nitrogens is 3. The van der Waals surface area contributed by atoms with Gasteiger partial charge in [0.2, 0.25) is 0 Å². The number of rotatable bonds is 10. The summed E-state index contributed by atoms with van der Waals surface area (Å²) in [6.07, 6.45) is -2.66. The third kappa shape index (κ3) is 6.04. The topological polar surface area (TPSA) is 72.3 Å². The number of nitrogens with one attached hydrogen (secondary N) is 1. The highest BCUT2D eigenvalue weighted by molar-refractivity contribution is 6.10. The van der Waals surface area contributed by atoms with Crippen molar-refractivity contribution >= 4 is 11.6 Å². The third-order valence-electron chi connectivity index (χ3n) is 9.08. The predicted molar refractivity (Wildman–Crippen MR) is 149 cm³/mol. The number of ether oxygens (including phenoxy) is 1. The molecule has 6 rings (SSSR count). The van der Waals surface area contributed by atoms with Crippen molar-refractivity contribution in [3.8, 4) is 0 Å². The highest BCUT2D eigenvalue weighted by Crippen LogP contribution is 2.41. The maximum absolute atomic E-state index is 14.2. The number of hydrogen-bond donors (Lipinski definition) is 1. The van der Waals surface area contributed by atoms with E-state index in [1.54, 1.807) is 24.3 Å². The van der Waals surface area contributed by atoms with Gasteiger partial charge in [-0.25, -0.2) is 8.78 Å². The zero-order valence-electron chi connectivity index (χ0n) is 24.1. The molecule has 7 nitrogen and oxygen atoms in total. The molecule has 3 aromatic rings. The highest BCUT2D eigenvalue weighted by Gasteiger charge is 2.41. The van der Waals surface area contributed by atoms with E-state index >= 15 is 0 Å². The quantitative estimate of drug-likeness (QED) is 0.282. The molecule has 1 amide bonds. The second-order valence-electron chi connectivity index (χ2n) is 12.2. The van der Waals surface area contributed by atoms with Gasteiger partial charge in [0.1, 0.15) is 18.3 Å². The van der Waals surface area contributed by atoms with Gasteiger partial charge in [-0.2, -0.15) is 13.2 Å². The first-order valence-electron chi connectivity index (χ1n) is 14.6. The Labute approximate surface area is 246 Å². The van der Waals surface area contributed by atoms with Crippen LogP contribution in [0.5, 0.6) is 0 Å². The van der Waals surface area contributed by atoms with Crippen molar-refractivity contribution in [1.29, 1.82) is 0 Å². The van der Waals surface area contributed by atoms with Crippen LogP contribution >= 0.6 is 0 Å². The molecule has 0 spiro atoms. The van der Waals surface area contributed by atoms with Gasteiger partial charge in [-0.15, -0.1) is 10.2 Å². The summed E-state index contributed by atoms with van der Waals surface area (Å²) in [5.74, 6) is 1.05. The van der Waals surface area contributed by atoms with Crippen LogP contribution in [0.2, 0.25) is 0 Å². The Morgan fingerprint density at radius 1 is 1.12 bits per heavy atom. The van der Waals surface area contributed by atoms with Crippen LogP contribution in [0.4, 0.5) is 27.6 Å². The number of alkyl halides is 5. The van der Waals surface area contributed by atoms with E-state index in [4.69, 9.17) is 4.74 Å².